The highest BCUT2D eigenvalue weighted by molar-refractivity contribution is 5.67. The lowest BCUT2D eigenvalue weighted by molar-refractivity contribution is 0.0524. The highest BCUT2D eigenvalue weighted by Crippen LogP contribution is 2.06. The van der Waals surface area contributed by atoms with E-state index >= 15 is 0 Å². The molecular formula is C13H20FN3O2. The molecule has 0 spiro atoms. The summed E-state index contributed by atoms with van der Waals surface area (Å²) < 4.78 is 18.0. The number of carbonyl (C=O) groups is 1. The number of amides is 1. The zero-order valence-electron chi connectivity index (χ0n) is 11.4. The third-order valence-electron chi connectivity index (χ3n) is 2.16. The maximum atomic E-state index is 12.9. The van der Waals surface area contributed by atoms with Gasteiger partial charge in [0.2, 0.25) is 0 Å². The third-order valence-corrected chi connectivity index (χ3v) is 2.16. The fourth-order valence-electron chi connectivity index (χ4n) is 1.43. The summed E-state index contributed by atoms with van der Waals surface area (Å²) in [5, 5.41) is 2.57. The highest BCUT2D eigenvalue weighted by atomic mass is 19.1. The van der Waals surface area contributed by atoms with E-state index in [-0.39, 0.29) is 18.4 Å². The molecule has 1 rings (SSSR count). The number of nitrogens with zero attached hydrogens (tertiary/aromatic N) is 1. The quantitative estimate of drug-likeness (QED) is 0.870. The number of rotatable bonds is 4. The molecule has 1 amide bonds. The van der Waals surface area contributed by atoms with Crippen LogP contribution < -0.4 is 11.1 Å². The van der Waals surface area contributed by atoms with Crippen LogP contribution in [0.1, 0.15) is 26.5 Å². The molecule has 1 aromatic rings. The molecule has 1 unspecified atom stereocenters. The number of hydrogen-bond donors (Lipinski definition) is 2. The smallest absolute Gasteiger partial charge is 0.407 e. The molecule has 0 radical (unpaired) electrons. The molecule has 3 N–H and O–H groups in total. The van der Waals surface area contributed by atoms with E-state index < -0.39 is 11.7 Å². The second-order valence-electron chi connectivity index (χ2n) is 5.31. The zero-order chi connectivity index (χ0) is 14.5. The molecule has 1 heterocycles. The Bertz CT molecular complexity index is 432. The zero-order valence-corrected chi connectivity index (χ0v) is 11.4. The normalized spacial score (nSPS) is 12.9. The van der Waals surface area contributed by atoms with E-state index in [0.29, 0.717) is 12.1 Å². The summed E-state index contributed by atoms with van der Waals surface area (Å²) in [7, 11) is 0. The molecule has 0 aliphatic heterocycles. The Kier molecular flexibility index (Phi) is 5.23. The Balaban J connectivity index is 2.36. The first-order valence-electron chi connectivity index (χ1n) is 6.09. The number of hydrogen-bond acceptors (Lipinski definition) is 4. The number of pyridine rings is 1. The van der Waals surface area contributed by atoms with E-state index in [1.807, 2.05) is 0 Å². The Morgan fingerprint density at radius 3 is 2.84 bits per heavy atom. The molecule has 19 heavy (non-hydrogen) atoms. The van der Waals surface area contributed by atoms with Gasteiger partial charge >= 0.3 is 6.09 Å². The summed E-state index contributed by atoms with van der Waals surface area (Å²) in [5.41, 5.74) is 5.85. The minimum Gasteiger partial charge on any atom is -0.444 e. The van der Waals surface area contributed by atoms with Crippen molar-refractivity contribution in [1.82, 2.24) is 10.3 Å². The lowest BCUT2D eigenvalue weighted by atomic mass is 10.1. The van der Waals surface area contributed by atoms with Crippen molar-refractivity contribution in [2.75, 3.05) is 6.54 Å². The van der Waals surface area contributed by atoms with Gasteiger partial charge in [0.1, 0.15) is 11.4 Å². The van der Waals surface area contributed by atoms with Crippen LogP contribution in [-0.2, 0) is 11.2 Å². The maximum Gasteiger partial charge on any atom is 0.407 e. The van der Waals surface area contributed by atoms with Gasteiger partial charge in [-0.2, -0.15) is 0 Å². The van der Waals surface area contributed by atoms with Crippen molar-refractivity contribution < 1.29 is 13.9 Å². The van der Waals surface area contributed by atoms with Crippen molar-refractivity contribution in [3.05, 3.63) is 29.8 Å². The Morgan fingerprint density at radius 1 is 1.58 bits per heavy atom. The fourth-order valence-corrected chi connectivity index (χ4v) is 1.43. The summed E-state index contributed by atoms with van der Waals surface area (Å²) in [6.07, 6.45) is 1.25. The average Bonchev–Trinajstić information content (AvgIpc) is 2.24. The standard InChI is InChI=1S/C13H20FN3O2/c1-13(2,3)19-12(18)17-8-10(15)7-11-6-9(14)4-5-16-11/h4-6,10H,7-8,15H2,1-3H3,(H,17,18). The molecule has 0 aliphatic carbocycles. The van der Waals surface area contributed by atoms with E-state index in [0.717, 1.165) is 0 Å². The molecule has 106 valence electrons. The van der Waals surface area contributed by atoms with Crippen LogP contribution in [0.2, 0.25) is 0 Å². The van der Waals surface area contributed by atoms with Gasteiger partial charge in [-0.1, -0.05) is 0 Å². The van der Waals surface area contributed by atoms with Crippen LogP contribution in [0.15, 0.2) is 18.3 Å². The van der Waals surface area contributed by atoms with Crippen molar-refractivity contribution in [3.8, 4) is 0 Å². The average molecular weight is 269 g/mol. The first-order chi connectivity index (χ1) is 8.76. The molecule has 5 nitrogen and oxygen atoms in total. The van der Waals surface area contributed by atoms with Crippen LogP contribution in [0.5, 0.6) is 0 Å². The lowest BCUT2D eigenvalue weighted by Gasteiger charge is -2.20. The number of carbonyl (C=O) groups excluding carboxylic acids is 1. The SMILES string of the molecule is CC(C)(C)OC(=O)NCC(N)Cc1cc(F)ccn1. The van der Waals surface area contributed by atoms with E-state index in [4.69, 9.17) is 10.5 Å². The molecule has 0 bridgehead atoms. The van der Waals surface area contributed by atoms with E-state index in [1.165, 1.54) is 18.3 Å². The predicted molar refractivity (Wildman–Crippen MR) is 70.1 cm³/mol. The number of alkyl carbamates (subject to hydrolysis) is 1. The first-order valence-corrected chi connectivity index (χ1v) is 6.09. The molecule has 6 heteroatoms. The maximum absolute atomic E-state index is 12.9. The van der Waals surface area contributed by atoms with Crippen LogP contribution in [0, 0.1) is 5.82 Å². The van der Waals surface area contributed by atoms with Crippen molar-refractivity contribution in [3.63, 3.8) is 0 Å². The number of nitrogens with two attached hydrogens (primary N) is 1. The van der Waals surface area contributed by atoms with Crippen LogP contribution >= 0.6 is 0 Å². The van der Waals surface area contributed by atoms with E-state index in [9.17, 15) is 9.18 Å². The molecule has 1 aromatic heterocycles. The van der Waals surface area contributed by atoms with Crippen molar-refractivity contribution in [1.29, 1.82) is 0 Å². The van der Waals surface area contributed by atoms with Gasteiger partial charge in [0.15, 0.2) is 0 Å². The molecule has 0 aromatic carbocycles. The third kappa shape index (κ3) is 6.71. The topological polar surface area (TPSA) is 77.2 Å². The van der Waals surface area contributed by atoms with Crippen molar-refractivity contribution in [2.24, 2.45) is 5.73 Å². The second-order valence-corrected chi connectivity index (χ2v) is 5.31. The molecule has 0 saturated heterocycles. The van der Waals surface area contributed by atoms with Gasteiger partial charge < -0.3 is 15.8 Å². The second kappa shape index (κ2) is 6.47. The summed E-state index contributed by atoms with van der Waals surface area (Å²) in [4.78, 5) is 15.4. The van der Waals surface area contributed by atoms with Crippen LogP contribution in [-0.4, -0.2) is 29.3 Å². The van der Waals surface area contributed by atoms with Gasteiger partial charge in [-0.3, -0.25) is 4.98 Å². The minimum absolute atomic E-state index is 0.243. The fraction of sp³-hybridized carbons (Fsp3) is 0.538. The summed E-state index contributed by atoms with van der Waals surface area (Å²) in [6, 6.07) is 2.25. The predicted octanol–water partition coefficient (Wildman–Crippen LogP) is 1.62. The number of nitrogens with one attached hydrogen (secondary N) is 1. The molecular weight excluding hydrogens is 249 g/mol. The van der Waals surface area contributed by atoms with Gasteiger partial charge in [0.05, 0.1) is 0 Å². The molecule has 0 fully saturated rings. The molecule has 0 saturated carbocycles. The van der Waals surface area contributed by atoms with Crippen molar-refractivity contribution in [2.45, 2.75) is 38.8 Å². The molecule has 1 atom stereocenters. The largest absolute Gasteiger partial charge is 0.444 e. The van der Waals surface area contributed by atoms with Gasteiger partial charge in [-0.15, -0.1) is 0 Å². The Morgan fingerprint density at radius 2 is 2.26 bits per heavy atom. The Hall–Kier alpha value is -1.69. The summed E-state index contributed by atoms with van der Waals surface area (Å²) >= 11 is 0. The number of aromatic nitrogens is 1. The lowest BCUT2D eigenvalue weighted by Crippen LogP contribution is -2.41. The number of ether oxygens (including phenoxy) is 1. The van der Waals surface area contributed by atoms with E-state index in [1.54, 1.807) is 20.8 Å². The van der Waals surface area contributed by atoms with Gasteiger partial charge in [0, 0.05) is 30.9 Å². The minimum atomic E-state index is -0.543. The number of halogens is 1. The van der Waals surface area contributed by atoms with Crippen LogP contribution in [0.25, 0.3) is 0 Å². The highest BCUT2D eigenvalue weighted by Gasteiger charge is 2.16. The van der Waals surface area contributed by atoms with Gasteiger partial charge in [0.25, 0.3) is 0 Å². The Labute approximate surface area is 112 Å². The van der Waals surface area contributed by atoms with Crippen LogP contribution in [0.3, 0.4) is 0 Å². The summed E-state index contributed by atoms with van der Waals surface area (Å²) in [5.74, 6) is -0.350. The van der Waals surface area contributed by atoms with Crippen molar-refractivity contribution >= 4 is 6.09 Å². The van der Waals surface area contributed by atoms with Gasteiger partial charge in [-0.25, -0.2) is 9.18 Å². The first kappa shape index (κ1) is 15.4. The van der Waals surface area contributed by atoms with Gasteiger partial charge in [-0.05, 0) is 32.9 Å². The summed E-state index contributed by atoms with van der Waals surface area (Å²) in [6.45, 7) is 5.59. The van der Waals surface area contributed by atoms with E-state index in [2.05, 4.69) is 10.3 Å². The monoisotopic (exact) mass is 269 g/mol. The van der Waals surface area contributed by atoms with Crippen LogP contribution in [0.4, 0.5) is 9.18 Å². The molecule has 0 aliphatic rings.